The Balaban J connectivity index is 1.89. The summed E-state index contributed by atoms with van der Waals surface area (Å²) < 4.78 is 10.6. The van der Waals surface area contributed by atoms with Crippen molar-refractivity contribution in [3.05, 3.63) is 35.9 Å². The molecule has 1 N–H and O–H groups in total. The summed E-state index contributed by atoms with van der Waals surface area (Å²) in [5, 5.41) is 2.67. The first-order valence-corrected chi connectivity index (χ1v) is 8.73. The third kappa shape index (κ3) is 6.06. The number of ether oxygens (including phenoxy) is 2. The van der Waals surface area contributed by atoms with Gasteiger partial charge in [-0.05, 0) is 26.3 Å². The molecule has 1 unspecified atom stereocenters. The Morgan fingerprint density at radius 1 is 1.23 bits per heavy atom. The van der Waals surface area contributed by atoms with E-state index in [0.29, 0.717) is 19.5 Å². The lowest BCUT2D eigenvalue weighted by molar-refractivity contribution is -0.148. The summed E-state index contributed by atoms with van der Waals surface area (Å²) in [5.41, 5.74) is 0.386. The van der Waals surface area contributed by atoms with Crippen molar-refractivity contribution >= 4 is 18.0 Å². The second-order valence-corrected chi connectivity index (χ2v) is 7.14. The van der Waals surface area contributed by atoms with Gasteiger partial charge in [0.05, 0.1) is 13.0 Å². The molecule has 1 fully saturated rings. The maximum atomic E-state index is 12.3. The first-order valence-electron chi connectivity index (χ1n) is 8.73. The number of carbonyl (C=O) groups excluding carboxylic acids is 3. The summed E-state index contributed by atoms with van der Waals surface area (Å²) in [6, 6.07) is 8.74. The maximum Gasteiger partial charge on any atom is 0.411 e. The summed E-state index contributed by atoms with van der Waals surface area (Å²) >= 11 is 0. The van der Waals surface area contributed by atoms with Crippen LogP contribution in [0.4, 0.5) is 4.79 Å². The molecule has 0 radical (unpaired) electrons. The number of hydrogen-bond acceptors (Lipinski definition) is 5. The molecule has 142 valence electrons. The predicted molar refractivity (Wildman–Crippen MR) is 95.5 cm³/mol. The monoisotopic (exact) mass is 362 g/mol. The summed E-state index contributed by atoms with van der Waals surface area (Å²) in [7, 11) is 0. The van der Waals surface area contributed by atoms with Gasteiger partial charge in [0.1, 0.15) is 11.6 Å². The molecule has 2 rings (SSSR count). The molecule has 7 nitrogen and oxygen atoms in total. The third-order valence-electron chi connectivity index (χ3n) is 3.82. The van der Waals surface area contributed by atoms with Crippen molar-refractivity contribution in [2.24, 2.45) is 0 Å². The van der Waals surface area contributed by atoms with Gasteiger partial charge in [-0.25, -0.2) is 4.79 Å². The molecule has 7 heteroatoms. The first kappa shape index (κ1) is 19.8. The van der Waals surface area contributed by atoms with E-state index in [9.17, 15) is 14.4 Å². The van der Waals surface area contributed by atoms with Crippen LogP contribution in [-0.2, 0) is 25.5 Å². The molecule has 0 spiro atoms. The Labute approximate surface area is 153 Å². The molecule has 1 atom stereocenters. The molecule has 1 aliphatic heterocycles. The highest BCUT2D eigenvalue weighted by molar-refractivity contribution is 5.90. The Hall–Kier alpha value is -2.57. The highest BCUT2D eigenvalue weighted by atomic mass is 16.6. The lowest BCUT2D eigenvalue weighted by atomic mass is 10.1. The van der Waals surface area contributed by atoms with E-state index >= 15 is 0 Å². The van der Waals surface area contributed by atoms with E-state index < -0.39 is 23.7 Å². The molecule has 1 aromatic rings. The molecule has 0 saturated carbocycles. The van der Waals surface area contributed by atoms with E-state index in [1.165, 1.54) is 4.90 Å². The van der Waals surface area contributed by atoms with E-state index in [-0.39, 0.29) is 18.9 Å². The molecule has 0 bridgehead atoms. The Bertz CT molecular complexity index is 639. The largest absolute Gasteiger partial charge is 0.465 e. The Kier molecular flexibility index (Phi) is 6.60. The molecule has 0 aromatic heterocycles. The van der Waals surface area contributed by atoms with Crippen LogP contribution in [-0.4, -0.2) is 54.2 Å². The third-order valence-corrected chi connectivity index (χ3v) is 3.82. The number of esters is 1. The van der Waals surface area contributed by atoms with E-state index in [0.717, 1.165) is 5.56 Å². The smallest absolute Gasteiger partial charge is 0.411 e. The van der Waals surface area contributed by atoms with E-state index in [1.54, 1.807) is 20.8 Å². The number of nitrogens with one attached hydrogen (secondary N) is 1. The van der Waals surface area contributed by atoms with E-state index in [4.69, 9.17) is 9.47 Å². The zero-order valence-electron chi connectivity index (χ0n) is 15.5. The number of carbonyl (C=O) groups is 3. The van der Waals surface area contributed by atoms with Gasteiger partial charge in [-0.3, -0.25) is 14.5 Å². The molecule has 1 aromatic carbocycles. The number of piperazine rings is 1. The summed E-state index contributed by atoms with van der Waals surface area (Å²) in [5.74, 6) is -0.890. The Morgan fingerprint density at radius 3 is 2.58 bits per heavy atom. The SMILES string of the molecule is CC(C)(C)OC(=O)N1CCNC(=O)C1CC(=O)OCCc1ccccc1. The summed E-state index contributed by atoms with van der Waals surface area (Å²) in [6.45, 7) is 6.11. The van der Waals surface area contributed by atoms with Gasteiger partial charge in [-0.15, -0.1) is 0 Å². The highest BCUT2D eigenvalue weighted by Gasteiger charge is 2.37. The van der Waals surface area contributed by atoms with Gasteiger partial charge < -0.3 is 14.8 Å². The number of benzene rings is 1. The molecule has 1 heterocycles. The number of hydrogen-bond donors (Lipinski definition) is 1. The van der Waals surface area contributed by atoms with Gasteiger partial charge in [0.15, 0.2) is 0 Å². The molecule has 1 aliphatic rings. The zero-order valence-corrected chi connectivity index (χ0v) is 15.5. The molecule has 2 amide bonds. The van der Waals surface area contributed by atoms with Gasteiger partial charge in [-0.2, -0.15) is 0 Å². The van der Waals surface area contributed by atoms with Crippen molar-refractivity contribution in [1.29, 1.82) is 0 Å². The average Bonchev–Trinajstić information content (AvgIpc) is 2.56. The van der Waals surface area contributed by atoms with Crippen LogP contribution in [0.3, 0.4) is 0 Å². The Morgan fingerprint density at radius 2 is 1.92 bits per heavy atom. The van der Waals surface area contributed by atoms with Gasteiger partial charge in [-0.1, -0.05) is 30.3 Å². The van der Waals surface area contributed by atoms with Crippen molar-refractivity contribution < 1.29 is 23.9 Å². The lowest BCUT2D eigenvalue weighted by Crippen LogP contribution is -2.58. The molecular weight excluding hydrogens is 336 g/mol. The number of nitrogens with zero attached hydrogens (tertiary/aromatic N) is 1. The first-order chi connectivity index (χ1) is 12.3. The van der Waals surface area contributed by atoms with Crippen LogP contribution < -0.4 is 5.32 Å². The van der Waals surface area contributed by atoms with Crippen LogP contribution >= 0.6 is 0 Å². The summed E-state index contributed by atoms with van der Waals surface area (Å²) in [6.07, 6.45) is -0.201. The fourth-order valence-corrected chi connectivity index (χ4v) is 2.60. The van der Waals surface area contributed by atoms with Gasteiger partial charge in [0.2, 0.25) is 5.91 Å². The minimum atomic E-state index is -0.914. The van der Waals surface area contributed by atoms with Crippen LogP contribution in [0.2, 0.25) is 0 Å². The van der Waals surface area contributed by atoms with Crippen molar-refractivity contribution in [3.63, 3.8) is 0 Å². The number of amides is 2. The zero-order chi connectivity index (χ0) is 19.2. The highest BCUT2D eigenvalue weighted by Crippen LogP contribution is 2.16. The van der Waals surface area contributed by atoms with E-state index in [1.807, 2.05) is 30.3 Å². The van der Waals surface area contributed by atoms with Crippen LogP contribution in [0.25, 0.3) is 0 Å². The van der Waals surface area contributed by atoms with Crippen molar-refractivity contribution in [2.75, 3.05) is 19.7 Å². The number of rotatable bonds is 5. The summed E-state index contributed by atoms with van der Waals surface area (Å²) in [4.78, 5) is 37.9. The van der Waals surface area contributed by atoms with Crippen molar-refractivity contribution in [1.82, 2.24) is 10.2 Å². The van der Waals surface area contributed by atoms with Crippen molar-refractivity contribution in [2.45, 2.75) is 45.3 Å². The second kappa shape index (κ2) is 8.69. The normalized spacial score (nSPS) is 17.4. The second-order valence-electron chi connectivity index (χ2n) is 7.14. The van der Waals surface area contributed by atoms with Crippen LogP contribution in [0.1, 0.15) is 32.8 Å². The topological polar surface area (TPSA) is 84.9 Å². The lowest BCUT2D eigenvalue weighted by Gasteiger charge is -2.35. The fraction of sp³-hybridized carbons (Fsp3) is 0.526. The van der Waals surface area contributed by atoms with Crippen LogP contribution in [0.5, 0.6) is 0 Å². The van der Waals surface area contributed by atoms with Crippen molar-refractivity contribution in [3.8, 4) is 0 Å². The van der Waals surface area contributed by atoms with E-state index in [2.05, 4.69) is 5.32 Å². The molecule has 26 heavy (non-hydrogen) atoms. The van der Waals surface area contributed by atoms with Gasteiger partial charge in [0.25, 0.3) is 0 Å². The molecular formula is C19H26N2O5. The average molecular weight is 362 g/mol. The predicted octanol–water partition coefficient (Wildman–Crippen LogP) is 1.90. The van der Waals surface area contributed by atoms with Gasteiger partial charge >= 0.3 is 12.1 Å². The maximum absolute atomic E-state index is 12.3. The fourth-order valence-electron chi connectivity index (χ4n) is 2.60. The molecule has 1 saturated heterocycles. The molecule has 0 aliphatic carbocycles. The quantitative estimate of drug-likeness (QED) is 0.809. The van der Waals surface area contributed by atoms with Crippen LogP contribution in [0.15, 0.2) is 30.3 Å². The van der Waals surface area contributed by atoms with Gasteiger partial charge in [0, 0.05) is 19.5 Å². The minimum absolute atomic E-state index is 0.195. The minimum Gasteiger partial charge on any atom is -0.465 e. The standard InChI is InChI=1S/C19H26N2O5/c1-19(2,3)26-18(24)21-11-10-20-17(23)15(21)13-16(22)25-12-9-14-7-5-4-6-8-14/h4-8,15H,9-13H2,1-3H3,(H,20,23). The van der Waals surface area contributed by atoms with Crippen LogP contribution in [0, 0.1) is 0 Å².